The van der Waals surface area contributed by atoms with Crippen molar-refractivity contribution in [1.29, 1.82) is 0 Å². The third kappa shape index (κ3) is 1.43. The summed E-state index contributed by atoms with van der Waals surface area (Å²) >= 11 is 0. The summed E-state index contributed by atoms with van der Waals surface area (Å²) in [6, 6.07) is 2.27. The van der Waals surface area contributed by atoms with Gasteiger partial charge in [0.1, 0.15) is 0 Å². The maximum absolute atomic E-state index is 12.4. The normalized spacial score (nSPS) is 34.1. The largest absolute Gasteiger partial charge is 0.435 e. The number of nitrogens with zero attached hydrogens (tertiary/aromatic N) is 1. The van der Waals surface area contributed by atoms with E-state index in [1.54, 1.807) is 0 Å². The summed E-state index contributed by atoms with van der Waals surface area (Å²) in [4.78, 5) is 0. The molecule has 2 fully saturated rings. The fraction of sp³-hybridized carbons (Fsp3) is 0.700. The number of alkyl halides is 3. The van der Waals surface area contributed by atoms with E-state index in [0.717, 1.165) is 12.5 Å². The summed E-state index contributed by atoms with van der Waals surface area (Å²) in [7, 11) is 0. The van der Waals surface area contributed by atoms with Crippen LogP contribution in [0.1, 0.15) is 30.7 Å². The zero-order chi connectivity index (χ0) is 11.5. The van der Waals surface area contributed by atoms with Gasteiger partial charge in [-0.15, -0.1) is 0 Å². The van der Waals surface area contributed by atoms with Gasteiger partial charge in [0.05, 0.1) is 0 Å². The van der Waals surface area contributed by atoms with E-state index < -0.39 is 11.9 Å². The van der Waals surface area contributed by atoms with Gasteiger partial charge in [0, 0.05) is 23.7 Å². The second kappa shape index (κ2) is 3.00. The van der Waals surface area contributed by atoms with E-state index in [4.69, 9.17) is 0 Å². The minimum absolute atomic E-state index is 0.111. The lowest BCUT2D eigenvalue weighted by atomic mass is 9.75. The first-order chi connectivity index (χ1) is 7.47. The second-order valence-electron chi connectivity index (χ2n) is 4.69. The zero-order valence-electron chi connectivity index (χ0n) is 8.67. The molecule has 2 heterocycles. The summed E-state index contributed by atoms with van der Waals surface area (Å²) in [5.74, 6) is 0.561. The molecule has 1 aromatic rings. The molecule has 1 aliphatic carbocycles. The molecule has 0 bridgehead atoms. The number of H-pyrrole nitrogens is 1. The Bertz CT molecular complexity index is 412. The Balaban J connectivity index is 1.76. The molecule has 3 rings (SSSR count). The molecule has 16 heavy (non-hydrogen) atoms. The van der Waals surface area contributed by atoms with Gasteiger partial charge in [0.15, 0.2) is 5.69 Å². The van der Waals surface area contributed by atoms with Gasteiger partial charge in [-0.25, -0.2) is 0 Å². The third-order valence-electron chi connectivity index (χ3n) is 3.74. The summed E-state index contributed by atoms with van der Waals surface area (Å²) in [6.45, 7) is 1.95. The minimum Gasteiger partial charge on any atom is -0.308 e. The summed E-state index contributed by atoms with van der Waals surface area (Å²) < 4.78 is 37.1. The molecule has 4 atom stereocenters. The standard InChI is InChI=1S/C10H12F3N3/c1-4(5-2-7-9(5)14-7)6-3-8(16-15-6)10(11,12)13/h3-5,7,9,14H,2H2,1H3,(H,15,16). The van der Waals surface area contributed by atoms with Crippen LogP contribution in [-0.4, -0.2) is 22.3 Å². The Labute approximate surface area is 90.4 Å². The van der Waals surface area contributed by atoms with Crippen LogP contribution in [0, 0.1) is 5.92 Å². The molecule has 1 aromatic heterocycles. The van der Waals surface area contributed by atoms with Gasteiger partial charge in [-0.1, -0.05) is 6.92 Å². The van der Waals surface area contributed by atoms with Crippen molar-refractivity contribution in [1.82, 2.24) is 15.5 Å². The number of halogens is 3. The first-order valence-electron chi connectivity index (χ1n) is 5.35. The quantitative estimate of drug-likeness (QED) is 0.764. The van der Waals surface area contributed by atoms with Crippen molar-refractivity contribution in [3.8, 4) is 0 Å². The zero-order valence-corrected chi connectivity index (χ0v) is 8.67. The summed E-state index contributed by atoms with van der Waals surface area (Å²) in [6.07, 6.45) is -3.29. The van der Waals surface area contributed by atoms with E-state index in [1.165, 1.54) is 0 Å². The van der Waals surface area contributed by atoms with Gasteiger partial charge in [0.2, 0.25) is 0 Å². The predicted octanol–water partition coefficient (Wildman–Crippen LogP) is 1.89. The first kappa shape index (κ1) is 10.1. The Morgan fingerprint density at radius 2 is 2.25 bits per heavy atom. The molecule has 4 unspecified atom stereocenters. The molecule has 0 spiro atoms. The number of aromatic nitrogens is 2. The van der Waals surface area contributed by atoms with Crippen molar-refractivity contribution in [3.05, 3.63) is 17.5 Å². The molecule has 1 aliphatic heterocycles. The molecule has 88 valence electrons. The van der Waals surface area contributed by atoms with Crippen molar-refractivity contribution in [2.24, 2.45) is 5.92 Å². The molecule has 1 saturated carbocycles. The van der Waals surface area contributed by atoms with Gasteiger partial charge in [0.25, 0.3) is 0 Å². The number of rotatable bonds is 2. The van der Waals surface area contributed by atoms with E-state index in [9.17, 15) is 13.2 Å². The minimum atomic E-state index is -4.35. The fourth-order valence-electron chi connectivity index (χ4n) is 2.53. The Kier molecular flexibility index (Phi) is 1.90. The van der Waals surface area contributed by atoms with E-state index in [1.807, 2.05) is 6.92 Å². The lowest BCUT2D eigenvalue weighted by Gasteiger charge is -2.27. The average Bonchev–Trinajstić information content (AvgIpc) is 2.67. The number of hydrogen-bond acceptors (Lipinski definition) is 2. The molecular formula is C10H12F3N3. The van der Waals surface area contributed by atoms with Gasteiger partial charge < -0.3 is 5.32 Å². The van der Waals surface area contributed by atoms with Gasteiger partial charge in [-0.2, -0.15) is 18.3 Å². The van der Waals surface area contributed by atoms with Crippen LogP contribution in [0.3, 0.4) is 0 Å². The van der Waals surface area contributed by atoms with Crippen LogP contribution >= 0.6 is 0 Å². The summed E-state index contributed by atoms with van der Waals surface area (Å²) in [5, 5.41) is 9.11. The fourth-order valence-corrected chi connectivity index (χ4v) is 2.53. The lowest BCUT2D eigenvalue weighted by Crippen LogP contribution is -2.28. The Morgan fingerprint density at radius 1 is 1.50 bits per heavy atom. The maximum atomic E-state index is 12.4. The van der Waals surface area contributed by atoms with Crippen LogP contribution in [0.5, 0.6) is 0 Å². The predicted molar refractivity (Wildman–Crippen MR) is 50.8 cm³/mol. The van der Waals surface area contributed by atoms with Crippen molar-refractivity contribution in [2.75, 3.05) is 0 Å². The monoisotopic (exact) mass is 231 g/mol. The highest BCUT2D eigenvalue weighted by Crippen LogP contribution is 2.47. The number of fused-ring (bicyclic) bond motifs is 1. The van der Waals surface area contributed by atoms with Gasteiger partial charge in [-0.05, 0) is 18.4 Å². The molecule has 6 heteroatoms. The van der Waals surface area contributed by atoms with Crippen molar-refractivity contribution in [3.63, 3.8) is 0 Å². The SMILES string of the molecule is CC(c1cc(C(F)(F)F)n[nH]1)C1CC2NC21. The second-order valence-corrected chi connectivity index (χ2v) is 4.69. The van der Waals surface area contributed by atoms with E-state index >= 15 is 0 Å². The van der Waals surface area contributed by atoms with Crippen LogP contribution < -0.4 is 5.32 Å². The highest BCUT2D eigenvalue weighted by molar-refractivity contribution is 5.23. The Morgan fingerprint density at radius 3 is 2.69 bits per heavy atom. The maximum Gasteiger partial charge on any atom is 0.435 e. The van der Waals surface area contributed by atoms with Crippen molar-refractivity contribution >= 4 is 0 Å². The summed E-state index contributed by atoms with van der Waals surface area (Å²) in [5.41, 5.74) is -0.238. The van der Waals surface area contributed by atoms with Crippen LogP contribution in [0.25, 0.3) is 0 Å². The van der Waals surface area contributed by atoms with Gasteiger partial charge in [-0.3, -0.25) is 5.10 Å². The number of nitrogens with one attached hydrogen (secondary N) is 2. The molecular weight excluding hydrogens is 219 g/mol. The first-order valence-corrected chi connectivity index (χ1v) is 5.35. The van der Waals surface area contributed by atoms with E-state index in [-0.39, 0.29) is 5.92 Å². The molecule has 1 saturated heterocycles. The Hall–Kier alpha value is -1.04. The number of hydrogen-bond donors (Lipinski definition) is 2. The molecule has 0 aromatic carbocycles. The third-order valence-corrected chi connectivity index (χ3v) is 3.74. The molecule has 0 radical (unpaired) electrons. The van der Waals surface area contributed by atoms with E-state index in [0.29, 0.717) is 23.7 Å². The molecule has 2 aliphatic rings. The van der Waals surface area contributed by atoms with Gasteiger partial charge >= 0.3 is 6.18 Å². The van der Waals surface area contributed by atoms with Crippen molar-refractivity contribution in [2.45, 2.75) is 37.5 Å². The van der Waals surface area contributed by atoms with Crippen LogP contribution in [0.4, 0.5) is 13.2 Å². The topological polar surface area (TPSA) is 50.6 Å². The van der Waals surface area contributed by atoms with E-state index in [2.05, 4.69) is 15.5 Å². The molecule has 2 N–H and O–H groups in total. The van der Waals surface area contributed by atoms with Crippen molar-refractivity contribution < 1.29 is 13.2 Å². The average molecular weight is 231 g/mol. The molecule has 3 nitrogen and oxygen atoms in total. The highest BCUT2D eigenvalue weighted by atomic mass is 19.4. The molecule has 0 amide bonds. The van der Waals surface area contributed by atoms with Crippen LogP contribution in [0.2, 0.25) is 0 Å². The van der Waals surface area contributed by atoms with Crippen LogP contribution in [0.15, 0.2) is 6.07 Å². The highest BCUT2D eigenvalue weighted by Gasteiger charge is 2.55. The van der Waals surface area contributed by atoms with Crippen LogP contribution in [-0.2, 0) is 6.18 Å². The number of aromatic amines is 1. The lowest BCUT2D eigenvalue weighted by molar-refractivity contribution is -0.141. The smallest absolute Gasteiger partial charge is 0.308 e.